The van der Waals surface area contributed by atoms with E-state index in [-0.39, 0.29) is 28.7 Å². The number of hydrogen-bond acceptors (Lipinski definition) is 6. The highest BCUT2D eigenvalue weighted by Crippen LogP contribution is 2.28. The van der Waals surface area contributed by atoms with E-state index in [0.29, 0.717) is 13.0 Å². The van der Waals surface area contributed by atoms with Crippen molar-refractivity contribution in [3.05, 3.63) is 5.82 Å². The Labute approximate surface area is 153 Å². The van der Waals surface area contributed by atoms with Gasteiger partial charge in [-0.1, -0.05) is 18.2 Å². The van der Waals surface area contributed by atoms with Crippen LogP contribution >= 0.6 is 11.8 Å². The van der Waals surface area contributed by atoms with Crippen LogP contribution in [0, 0.1) is 0 Å². The third kappa shape index (κ3) is 4.19. The molecule has 9 heteroatoms. The van der Waals surface area contributed by atoms with Crippen LogP contribution in [0.2, 0.25) is 0 Å². The first-order valence-electron chi connectivity index (χ1n) is 9.01. The fourth-order valence-electron chi connectivity index (χ4n) is 3.60. The van der Waals surface area contributed by atoms with Crippen molar-refractivity contribution in [2.24, 2.45) is 0 Å². The predicted molar refractivity (Wildman–Crippen MR) is 97.3 cm³/mol. The zero-order chi connectivity index (χ0) is 18.0. The smallest absolute Gasteiger partial charge is 0.236 e. The van der Waals surface area contributed by atoms with Crippen LogP contribution in [0.25, 0.3) is 0 Å². The van der Waals surface area contributed by atoms with Crippen LogP contribution in [-0.4, -0.2) is 63.3 Å². The third-order valence-corrected chi connectivity index (χ3v) is 7.80. The Morgan fingerprint density at radius 3 is 2.84 bits per heavy atom. The van der Waals surface area contributed by atoms with Crippen molar-refractivity contribution in [3.63, 3.8) is 0 Å². The molecule has 1 aromatic rings. The number of rotatable bonds is 5. The van der Waals surface area contributed by atoms with E-state index in [9.17, 15) is 13.2 Å². The first-order chi connectivity index (χ1) is 11.9. The molecule has 2 aliphatic heterocycles. The molecule has 25 heavy (non-hydrogen) atoms. The summed E-state index contributed by atoms with van der Waals surface area (Å²) in [6, 6.07) is -0.193. The number of amides is 1. The minimum Gasteiger partial charge on any atom is -0.338 e. The van der Waals surface area contributed by atoms with E-state index in [1.165, 1.54) is 18.2 Å². The van der Waals surface area contributed by atoms with E-state index in [4.69, 9.17) is 0 Å². The van der Waals surface area contributed by atoms with E-state index in [0.717, 1.165) is 36.8 Å². The van der Waals surface area contributed by atoms with E-state index in [1.807, 2.05) is 13.8 Å². The second kappa shape index (κ2) is 7.65. The van der Waals surface area contributed by atoms with Crippen molar-refractivity contribution < 1.29 is 13.2 Å². The van der Waals surface area contributed by atoms with Crippen LogP contribution in [0.1, 0.15) is 45.4 Å². The zero-order valence-corrected chi connectivity index (χ0v) is 16.5. The van der Waals surface area contributed by atoms with E-state index in [2.05, 4.69) is 14.8 Å². The highest BCUT2D eigenvalue weighted by atomic mass is 32.2. The topological polar surface area (TPSA) is 85.2 Å². The molecule has 3 heterocycles. The summed E-state index contributed by atoms with van der Waals surface area (Å²) in [5, 5.41) is 9.05. The van der Waals surface area contributed by atoms with Crippen molar-refractivity contribution in [1.29, 1.82) is 0 Å². The van der Waals surface area contributed by atoms with Gasteiger partial charge in [-0.25, -0.2) is 8.42 Å². The fourth-order valence-corrected chi connectivity index (χ4v) is 6.30. The number of sulfone groups is 1. The summed E-state index contributed by atoms with van der Waals surface area (Å²) < 4.78 is 25.6. The van der Waals surface area contributed by atoms with Crippen molar-refractivity contribution in [2.75, 3.05) is 18.1 Å². The maximum absolute atomic E-state index is 12.9. The minimum absolute atomic E-state index is 0.0134. The van der Waals surface area contributed by atoms with Crippen LogP contribution in [0.5, 0.6) is 0 Å². The van der Waals surface area contributed by atoms with Gasteiger partial charge in [0, 0.05) is 25.6 Å². The molecule has 0 radical (unpaired) electrons. The summed E-state index contributed by atoms with van der Waals surface area (Å²) in [5.74, 6) is 1.26. The molecule has 3 rings (SSSR count). The van der Waals surface area contributed by atoms with Gasteiger partial charge in [0.05, 0.1) is 16.8 Å². The van der Waals surface area contributed by atoms with Gasteiger partial charge in [0.15, 0.2) is 15.0 Å². The first-order valence-corrected chi connectivity index (χ1v) is 11.7. The molecule has 0 bridgehead atoms. The molecule has 0 unspecified atom stereocenters. The van der Waals surface area contributed by atoms with Gasteiger partial charge in [0.2, 0.25) is 5.91 Å². The van der Waals surface area contributed by atoms with Gasteiger partial charge in [0.1, 0.15) is 5.82 Å². The molecule has 0 aliphatic carbocycles. The predicted octanol–water partition coefficient (Wildman–Crippen LogP) is 1.52. The van der Waals surface area contributed by atoms with E-state index >= 15 is 0 Å². The summed E-state index contributed by atoms with van der Waals surface area (Å²) in [4.78, 5) is 14.6. The fraction of sp³-hybridized carbons (Fsp3) is 0.812. The number of carbonyl (C=O) groups is 1. The van der Waals surface area contributed by atoms with Gasteiger partial charge in [-0.2, -0.15) is 0 Å². The molecule has 2 aliphatic rings. The average Bonchev–Trinajstić information content (AvgIpc) is 3.02. The third-order valence-electron chi connectivity index (χ3n) is 4.98. The van der Waals surface area contributed by atoms with E-state index in [1.54, 1.807) is 4.90 Å². The van der Waals surface area contributed by atoms with Gasteiger partial charge in [-0.3, -0.25) is 4.79 Å². The molecular weight excluding hydrogens is 360 g/mol. The Balaban J connectivity index is 1.69. The normalized spacial score (nSPS) is 23.7. The largest absolute Gasteiger partial charge is 0.338 e. The van der Waals surface area contributed by atoms with Crippen molar-refractivity contribution >= 4 is 27.5 Å². The van der Waals surface area contributed by atoms with Gasteiger partial charge in [-0.15, -0.1) is 10.2 Å². The molecule has 7 nitrogen and oxygen atoms in total. The Morgan fingerprint density at radius 2 is 2.16 bits per heavy atom. The summed E-state index contributed by atoms with van der Waals surface area (Å²) in [5.41, 5.74) is 0. The van der Waals surface area contributed by atoms with Crippen LogP contribution < -0.4 is 0 Å². The second-order valence-corrected chi connectivity index (χ2v) is 10.3. The summed E-state index contributed by atoms with van der Waals surface area (Å²) in [6.45, 7) is 5.21. The molecule has 2 atom stereocenters. The molecule has 0 aromatic carbocycles. The molecule has 1 saturated heterocycles. The average molecular weight is 387 g/mol. The van der Waals surface area contributed by atoms with Crippen LogP contribution in [0.15, 0.2) is 5.16 Å². The standard InChI is InChI=1S/C16H26N4O3S2/c1-3-19(13-8-10-25(22,23)11-13)15(21)12(2)24-16-18-17-14-7-5-4-6-9-20(14)16/h12-13H,3-11H2,1-2H3/t12-,13+/m0/s1. The van der Waals surface area contributed by atoms with Crippen LogP contribution in [0.4, 0.5) is 0 Å². The van der Waals surface area contributed by atoms with E-state index < -0.39 is 9.84 Å². The Hall–Kier alpha value is -1.09. The highest BCUT2D eigenvalue weighted by Gasteiger charge is 2.35. The number of aromatic nitrogens is 3. The second-order valence-electron chi connectivity index (χ2n) is 6.80. The number of fused-ring (bicyclic) bond motifs is 1. The number of hydrogen-bond donors (Lipinski definition) is 0. The Kier molecular flexibility index (Phi) is 5.72. The number of thioether (sulfide) groups is 1. The van der Waals surface area contributed by atoms with Crippen LogP contribution in [0.3, 0.4) is 0 Å². The lowest BCUT2D eigenvalue weighted by Gasteiger charge is -2.29. The van der Waals surface area contributed by atoms with Crippen molar-refractivity contribution in [1.82, 2.24) is 19.7 Å². The molecule has 0 N–H and O–H groups in total. The Morgan fingerprint density at radius 1 is 1.36 bits per heavy atom. The minimum atomic E-state index is -3.00. The molecule has 140 valence electrons. The van der Waals surface area contributed by atoms with Gasteiger partial charge in [0.25, 0.3) is 0 Å². The van der Waals surface area contributed by atoms with Crippen LogP contribution in [-0.2, 0) is 27.6 Å². The number of carbonyl (C=O) groups excluding carboxylic acids is 1. The quantitative estimate of drug-likeness (QED) is 0.713. The van der Waals surface area contributed by atoms with Gasteiger partial charge < -0.3 is 9.47 Å². The zero-order valence-electron chi connectivity index (χ0n) is 14.8. The molecule has 0 spiro atoms. The van der Waals surface area contributed by atoms with Gasteiger partial charge in [-0.05, 0) is 33.1 Å². The number of aryl methyl sites for hydroxylation is 1. The van der Waals surface area contributed by atoms with Gasteiger partial charge >= 0.3 is 0 Å². The molecule has 1 aromatic heterocycles. The summed E-state index contributed by atoms with van der Waals surface area (Å²) >= 11 is 1.43. The molecular formula is C16H26N4O3S2. The maximum Gasteiger partial charge on any atom is 0.236 e. The highest BCUT2D eigenvalue weighted by molar-refractivity contribution is 8.00. The molecule has 1 fully saturated rings. The Bertz CT molecular complexity index is 732. The van der Waals surface area contributed by atoms with Crippen molar-refractivity contribution in [2.45, 2.75) is 68.9 Å². The molecule has 1 amide bonds. The lowest BCUT2D eigenvalue weighted by Crippen LogP contribution is -2.44. The monoisotopic (exact) mass is 386 g/mol. The van der Waals surface area contributed by atoms with Crippen molar-refractivity contribution in [3.8, 4) is 0 Å². The number of nitrogens with zero attached hydrogens (tertiary/aromatic N) is 4. The lowest BCUT2D eigenvalue weighted by atomic mass is 10.2. The maximum atomic E-state index is 12.9. The summed E-state index contributed by atoms with van der Waals surface area (Å²) in [6.07, 6.45) is 4.93. The molecule has 0 saturated carbocycles. The first kappa shape index (κ1) is 18.7. The lowest BCUT2D eigenvalue weighted by molar-refractivity contribution is -0.131. The SMILES string of the molecule is CCN(C(=O)[C@H](C)Sc1nnc2n1CCCCC2)[C@@H]1CCS(=O)(=O)C1. The summed E-state index contributed by atoms with van der Waals surface area (Å²) in [7, 11) is -3.00.